The normalized spacial score (nSPS) is 17.8. The molecule has 23 heavy (non-hydrogen) atoms. The summed E-state index contributed by atoms with van der Waals surface area (Å²) in [5.41, 5.74) is 2.07. The molecule has 122 valence electrons. The highest BCUT2D eigenvalue weighted by Crippen LogP contribution is 2.21. The highest BCUT2D eigenvalue weighted by Gasteiger charge is 2.17. The van der Waals surface area contributed by atoms with Gasteiger partial charge in [0.2, 0.25) is 5.91 Å². The van der Waals surface area contributed by atoms with Gasteiger partial charge in [0.15, 0.2) is 0 Å². The highest BCUT2D eigenvalue weighted by molar-refractivity contribution is 5.75. The molecule has 3 heterocycles. The Morgan fingerprint density at radius 2 is 2.35 bits per heavy atom. The second kappa shape index (κ2) is 7.87. The summed E-state index contributed by atoms with van der Waals surface area (Å²) in [6, 6.07) is 7.83. The Morgan fingerprint density at radius 1 is 1.39 bits per heavy atom. The van der Waals surface area contributed by atoms with Gasteiger partial charge in [0.25, 0.3) is 0 Å². The molecule has 0 aliphatic carbocycles. The first-order valence-corrected chi connectivity index (χ1v) is 8.22. The van der Waals surface area contributed by atoms with Gasteiger partial charge in [0.05, 0.1) is 5.69 Å². The Balaban J connectivity index is 1.43. The molecule has 6 nitrogen and oxygen atoms in total. The van der Waals surface area contributed by atoms with Crippen molar-refractivity contribution >= 4 is 5.91 Å². The van der Waals surface area contributed by atoms with Gasteiger partial charge in [0, 0.05) is 43.5 Å². The Bertz CT molecular complexity index is 619. The van der Waals surface area contributed by atoms with Crippen LogP contribution in [0.4, 0.5) is 0 Å². The molecule has 2 aromatic heterocycles. The van der Waals surface area contributed by atoms with Crippen LogP contribution in [-0.2, 0) is 17.8 Å². The maximum atomic E-state index is 12.0. The highest BCUT2D eigenvalue weighted by atomic mass is 16.2. The molecule has 1 aliphatic heterocycles. The van der Waals surface area contributed by atoms with Crippen LogP contribution in [-0.4, -0.2) is 40.3 Å². The molecule has 2 N–H and O–H groups in total. The summed E-state index contributed by atoms with van der Waals surface area (Å²) in [6.07, 6.45) is 6.75. The number of aromatic nitrogens is 3. The van der Waals surface area contributed by atoms with Gasteiger partial charge in [-0.05, 0) is 37.6 Å². The van der Waals surface area contributed by atoms with Gasteiger partial charge in [-0.15, -0.1) is 0 Å². The SMILES string of the molecule is O=C(Cn1ccc([C@@H]2CCCNC2)n1)NCCc1ccccn1. The molecule has 1 amide bonds. The van der Waals surface area contributed by atoms with Crippen molar-refractivity contribution in [3.05, 3.63) is 48.0 Å². The average Bonchev–Trinajstić information content (AvgIpc) is 3.05. The van der Waals surface area contributed by atoms with Crippen LogP contribution in [0.15, 0.2) is 36.7 Å². The van der Waals surface area contributed by atoms with Crippen LogP contribution in [0.1, 0.15) is 30.1 Å². The van der Waals surface area contributed by atoms with Crippen LogP contribution in [0.3, 0.4) is 0 Å². The summed E-state index contributed by atoms with van der Waals surface area (Å²) in [6.45, 7) is 2.93. The number of amides is 1. The van der Waals surface area contributed by atoms with Gasteiger partial charge >= 0.3 is 0 Å². The minimum absolute atomic E-state index is 0.0163. The van der Waals surface area contributed by atoms with Crippen LogP contribution in [0.2, 0.25) is 0 Å². The zero-order valence-electron chi connectivity index (χ0n) is 13.2. The predicted octanol–water partition coefficient (Wildman–Crippen LogP) is 1.10. The first kappa shape index (κ1) is 15.7. The molecular weight excluding hydrogens is 290 g/mol. The van der Waals surface area contributed by atoms with Gasteiger partial charge < -0.3 is 10.6 Å². The lowest BCUT2D eigenvalue weighted by Crippen LogP contribution is -2.30. The largest absolute Gasteiger partial charge is 0.354 e. The zero-order valence-corrected chi connectivity index (χ0v) is 13.2. The number of piperidine rings is 1. The molecule has 3 rings (SSSR count). The minimum Gasteiger partial charge on any atom is -0.354 e. The summed E-state index contributed by atoms with van der Waals surface area (Å²) in [5.74, 6) is 0.453. The van der Waals surface area contributed by atoms with E-state index in [2.05, 4.69) is 20.7 Å². The maximum absolute atomic E-state index is 12.0. The van der Waals surface area contributed by atoms with Crippen molar-refractivity contribution in [3.8, 4) is 0 Å². The van der Waals surface area contributed by atoms with Crippen molar-refractivity contribution in [2.45, 2.75) is 31.7 Å². The Hall–Kier alpha value is -2.21. The molecule has 1 atom stereocenters. The van der Waals surface area contributed by atoms with E-state index in [4.69, 9.17) is 0 Å². The Labute approximate surface area is 136 Å². The third-order valence-corrected chi connectivity index (χ3v) is 4.11. The number of carbonyl (C=O) groups excluding carboxylic acids is 1. The average molecular weight is 313 g/mol. The van der Waals surface area contributed by atoms with Crippen LogP contribution >= 0.6 is 0 Å². The van der Waals surface area contributed by atoms with Gasteiger partial charge in [-0.25, -0.2) is 0 Å². The van der Waals surface area contributed by atoms with Crippen molar-refractivity contribution in [2.75, 3.05) is 19.6 Å². The van der Waals surface area contributed by atoms with Crippen LogP contribution in [0, 0.1) is 0 Å². The Kier molecular flexibility index (Phi) is 5.37. The molecule has 0 unspecified atom stereocenters. The number of rotatable bonds is 6. The van der Waals surface area contributed by atoms with E-state index in [9.17, 15) is 4.79 Å². The first-order valence-electron chi connectivity index (χ1n) is 8.22. The van der Waals surface area contributed by atoms with E-state index in [1.165, 1.54) is 12.8 Å². The van der Waals surface area contributed by atoms with Gasteiger partial charge in [-0.2, -0.15) is 5.10 Å². The molecule has 0 saturated carbocycles. The summed E-state index contributed by atoms with van der Waals surface area (Å²) < 4.78 is 1.72. The van der Waals surface area contributed by atoms with Crippen molar-refractivity contribution in [1.82, 2.24) is 25.4 Å². The van der Waals surface area contributed by atoms with Gasteiger partial charge in [0.1, 0.15) is 6.54 Å². The van der Waals surface area contributed by atoms with E-state index < -0.39 is 0 Å². The third-order valence-electron chi connectivity index (χ3n) is 4.11. The lowest BCUT2D eigenvalue weighted by atomic mass is 9.97. The molecule has 0 aromatic carbocycles. The zero-order chi connectivity index (χ0) is 15.9. The fraction of sp³-hybridized carbons (Fsp3) is 0.471. The standard InChI is InChI=1S/C17H23N5O/c23-17(20-10-6-15-5-1-2-9-19-15)13-22-11-7-16(21-22)14-4-3-8-18-12-14/h1-2,5,7,9,11,14,18H,3-4,6,8,10,12-13H2,(H,20,23)/t14-/m1/s1. The van der Waals surface area contributed by atoms with E-state index in [-0.39, 0.29) is 12.5 Å². The predicted molar refractivity (Wildman–Crippen MR) is 88.0 cm³/mol. The molecule has 1 fully saturated rings. The number of hydrogen-bond donors (Lipinski definition) is 2. The summed E-state index contributed by atoms with van der Waals surface area (Å²) in [5, 5.41) is 10.9. The molecule has 2 aromatic rings. The molecule has 1 saturated heterocycles. The first-order chi connectivity index (χ1) is 11.3. The molecule has 1 aliphatic rings. The van der Waals surface area contributed by atoms with Crippen LogP contribution in [0.5, 0.6) is 0 Å². The number of hydrogen-bond acceptors (Lipinski definition) is 4. The molecule has 0 bridgehead atoms. The van der Waals surface area contributed by atoms with Crippen LogP contribution < -0.4 is 10.6 Å². The van der Waals surface area contributed by atoms with E-state index in [0.717, 1.165) is 30.9 Å². The van der Waals surface area contributed by atoms with Crippen molar-refractivity contribution in [1.29, 1.82) is 0 Å². The van der Waals surface area contributed by atoms with Gasteiger partial charge in [-0.3, -0.25) is 14.5 Å². The molecular formula is C17H23N5O. The fourth-order valence-electron chi connectivity index (χ4n) is 2.87. The molecule has 6 heteroatoms. The number of nitrogens with one attached hydrogen (secondary N) is 2. The van der Waals surface area contributed by atoms with E-state index in [1.54, 1.807) is 10.9 Å². The van der Waals surface area contributed by atoms with Crippen LogP contribution in [0.25, 0.3) is 0 Å². The number of nitrogens with zero attached hydrogens (tertiary/aromatic N) is 3. The van der Waals surface area contributed by atoms with Gasteiger partial charge in [-0.1, -0.05) is 6.07 Å². The lowest BCUT2D eigenvalue weighted by Gasteiger charge is -2.20. The van der Waals surface area contributed by atoms with E-state index in [1.807, 2.05) is 30.5 Å². The fourth-order valence-corrected chi connectivity index (χ4v) is 2.87. The van der Waals surface area contributed by atoms with E-state index in [0.29, 0.717) is 12.5 Å². The summed E-state index contributed by atoms with van der Waals surface area (Å²) in [4.78, 5) is 16.2. The van der Waals surface area contributed by atoms with Crippen molar-refractivity contribution in [3.63, 3.8) is 0 Å². The van der Waals surface area contributed by atoms with Crippen molar-refractivity contribution in [2.24, 2.45) is 0 Å². The second-order valence-corrected chi connectivity index (χ2v) is 5.90. The topological polar surface area (TPSA) is 71.8 Å². The second-order valence-electron chi connectivity index (χ2n) is 5.90. The lowest BCUT2D eigenvalue weighted by molar-refractivity contribution is -0.121. The number of carbonyl (C=O) groups is 1. The number of pyridine rings is 1. The smallest absolute Gasteiger partial charge is 0.241 e. The van der Waals surface area contributed by atoms with E-state index >= 15 is 0 Å². The minimum atomic E-state index is -0.0163. The van der Waals surface area contributed by atoms with Crippen molar-refractivity contribution < 1.29 is 4.79 Å². The molecule has 0 spiro atoms. The molecule has 0 radical (unpaired) electrons. The summed E-state index contributed by atoms with van der Waals surface area (Å²) in [7, 11) is 0. The quantitative estimate of drug-likeness (QED) is 0.838. The summed E-state index contributed by atoms with van der Waals surface area (Å²) >= 11 is 0. The monoisotopic (exact) mass is 313 g/mol. The maximum Gasteiger partial charge on any atom is 0.241 e. The third kappa shape index (κ3) is 4.63. The Morgan fingerprint density at radius 3 is 3.13 bits per heavy atom.